The molecule has 0 bridgehead atoms. The van der Waals surface area contributed by atoms with E-state index < -0.39 is 0 Å². The number of amides is 2. The number of ether oxygens (including phenoxy) is 13. The number of rotatable bonds is 59. The first-order valence-electron chi connectivity index (χ1n) is 30.2. The smallest absolute Gasteiger partial charge is 0.306 e. The molecule has 0 spiro atoms. The summed E-state index contributed by atoms with van der Waals surface area (Å²) in [4.78, 5) is 48.3. The van der Waals surface area contributed by atoms with Gasteiger partial charge < -0.3 is 77.3 Å². The Kier molecular flexibility index (Phi) is 57.3. The summed E-state index contributed by atoms with van der Waals surface area (Å²) in [5.41, 5.74) is 1.91. The van der Waals surface area contributed by atoms with Gasteiger partial charge in [-0.2, -0.15) is 0 Å². The normalized spacial score (nSPS) is 10.9. The molecular formula is C64H102N2O18. The number of carbonyl (C=O) groups is 4. The minimum absolute atomic E-state index is 0.0317. The van der Waals surface area contributed by atoms with Gasteiger partial charge in [0.05, 0.1) is 39.1 Å². The third-order valence-corrected chi connectivity index (χ3v) is 11.6. The van der Waals surface area contributed by atoms with E-state index in [1.165, 1.54) is 0 Å². The van der Waals surface area contributed by atoms with Crippen LogP contribution in [0.4, 0.5) is 0 Å². The first-order chi connectivity index (χ1) is 41.4. The topological polar surface area (TPSA) is 233 Å². The maximum atomic E-state index is 12.7. The molecule has 0 atom stereocenters. The molecule has 0 aromatic heterocycles. The lowest BCUT2D eigenvalue weighted by Crippen LogP contribution is -2.41. The molecule has 0 saturated heterocycles. The predicted molar refractivity (Wildman–Crippen MR) is 320 cm³/mol. The van der Waals surface area contributed by atoms with Crippen LogP contribution in [0.1, 0.15) is 120 Å². The lowest BCUT2D eigenvalue weighted by Gasteiger charge is -2.19. The molecule has 84 heavy (non-hydrogen) atoms. The average Bonchev–Trinajstić information content (AvgIpc) is 3.52. The first kappa shape index (κ1) is 77.0. The number of esters is 2. The summed E-state index contributed by atoms with van der Waals surface area (Å²) < 4.78 is 71.4. The molecule has 2 aromatic rings. The van der Waals surface area contributed by atoms with Crippen molar-refractivity contribution in [3.05, 3.63) is 71.8 Å². The number of hydrogen-bond donors (Lipinski definition) is 3. The number of aliphatic hydroxyl groups is 1. The highest BCUT2D eigenvalue weighted by Crippen LogP contribution is 2.08. The second-order valence-electron chi connectivity index (χ2n) is 19.2. The van der Waals surface area contributed by atoms with Crippen LogP contribution in [-0.4, -0.2) is 193 Å². The van der Waals surface area contributed by atoms with E-state index in [1.807, 2.05) is 60.7 Å². The predicted octanol–water partition coefficient (Wildman–Crippen LogP) is 7.13. The Morgan fingerprint density at radius 1 is 0.393 bits per heavy atom. The molecule has 3 N–H and O–H groups in total. The molecule has 20 nitrogen and oxygen atoms in total. The molecule has 20 heteroatoms. The van der Waals surface area contributed by atoms with Gasteiger partial charge in [0.25, 0.3) is 0 Å². The van der Waals surface area contributed by atoms with Gasteiger partial charge in [0, 0.05) is 138 Å². The van der Waals surface area contributed by atoms with E-state index in [4.69, 9.17) is 79.5 Å². The largest absolute Gasteiger partial charge is 0.461 e. The fourth-order valence-corrected chi connectivity index (χ4v) is 7.21. The molecule has 0 aliphatic heterocycles. The van der Waals surface area contributed by atoms with Gasteiger partial charge in [-0.1, -0.05) is 72.5 Å². The van der Waals surface area contributed by atoms with Gasteiger partial charge in [0.2, 0.25) is 11.8 Å². The standard InChI is InChI=1S/C40H63NO11.C24H39NO7/c1-3-20-44-22-10-24-46-26-12-28-48-30-14-32-50-35-38(36-51-33-15-31-49-29-13-27-47-25-11-23-45-21-4-2)41-39(42)18-8-9-19-40(43)52-34-37-16-6-5-7-17-37;26-14-6-15-29-16-7-17-30-18-8-19-31-20-13-25-23(27)11-4-5-12-24(28)32-21-22-9-2-1-3-10-22/h1-2,5-7,16-17,38H,8-15,18-36H2,(H,41,42);1-3,9-10,26H,4-8,11-21H2,(H,25,27). The molecule has 0 heterocycles. The van der Waals surface area contributed by atoms with Crippen LogP contribution in [0.5, 0.6) is 0 Å². The minimum atomic E-state index is -0.298. The minimum Gasteiger partial charge on any atom is -0.461 e. The van der Waals surface area contributed by atoms with Crippen LogP contribution in [-0.2, 0) is 94.0 Å². The van der Waals surface area contributed by atoms with Crippen molar-refractivity contribution in [2.24, 2.45) is 0 Å². The Bertz CT molecular complexity index is 1840. The zero-order chi connectivity index (χ0) is 60.5. The molecule has 2 aromatic carbocycles. The van der Waals surface area contributed by atoms with E-state index in [2.05, 4.69) is 22.5 Å². The highest BCUT2D eigenvalue weighted by atomic mass is 16.5. The fraction of sp³-hybridized carbons (Fsp3) is 0.688. The Morgan fingerprint density at radius 3 is 1.08 bits per heavy atom. The van der Waals surface area contributed by atoms with E-state index in [9.17, 15) is 19.2 Å². The monoisotopic (exact) mass is 1190 g/mol. The Hall–Kier alpha value is -5.04. The Labute approximate surface area is 501 Å². The van der Waals surface area contributed by atoms with E-state index in [0.29, 0.717) is 203 Å². The van der Waals surface area contributed by atoms with Gasteiger partial charge in [-0.05, 0) is 94.6 Å². The van der Waals surface area contributed by atoms with Crippen LogP contribution in [0.2, 0.25) is 0 Å². The number of hydrogen-bond acceptors (Lipinski definition) is 18. The molecule has 0 aliphatic carbocycles. The molecule has 2 rings (SSSR count). The maximum absolute atomic E-state index is 12.7. The summed E-state index contributed by atoms with van der Waals surface area (Å²) in [5, 5.41) is 14.5. The van der Waals surface area contributed by atoms with Gasteiger partial charge in [0.15, 0.2) is 0 Å². The SMILES string of the molecule is C#CCOCCCOCCCOCCCOCC(COCCCOCCCOCCCOCC#C)NC(=O)CCCCC(=O)OCc1ccccc1.O=C(CCCCC(=O)OCc1ccccc1)NCCOCCCOCCCOCCCO. The van der Waals surface area contributed by atoms with Crippen LogP contribution in [0, 0.1) is 24.7 Å². The van der Waals surface area contributed by atoms with Crippen molar-refractivity contribution in [1.29, 1.82) is 0 Å². The summed E-state index contributed by atoms with van der Waals surface area (Å²) in [6, 6.07) is 18.8. The van der Waals surface area contributed by atoms with Crippen molar-refractivity contribution in [1.82, 2.24) is 10.6 Å². The lowest BCUT2D eigenvalue weighted by molar-refractivity contribution is -0.146. The number of carbonyl (C=O) groups excluding carboxylic acids is 4. The van der Waals surface area contributed by atoms with Gasteiger partial charge in [-0.25, -0.2) is 0 Å². The van der Waals surface area contributed by atoms with E-state index >= 15 is 0 Å². The molecule has 0 fully saturated rings. The molecule has 0 saturated carbocycles. The molecule has 0 unspecified atom stereocenters. The number of terminal acetylenes is 2. The van der Waals surface area contributed by atoms with Gasteiger partial charge in [-0.15, -0.1) is 12.8 Å². The van der Waals surface area contributed by atoms with Crippen molar-refractivity contribution in [3.8, 4) is 24.7 Å². The van der Waals surface area contributed by atoms with Gasteiger partial charge >= 0.3 is 11.9 Å². The van der Waals surface area contributed by atoms with Crippen molar-refractivity contribution in [2.75, 3.05) is 159 Å². The first-order valence-corrected chi connectivity index (χ1v) is 30.2. The maximum Gasteiger partial charge on any atom is 0.306 e. The van der Waals surface area contributed by atoms with Crippen LogP contribution < -0.4 is 10.6 Å². The highest BCUT2D eigenvalue weighted by molar-refractivity contribution is 5.76. The quantitative estimate of drug-likeness (QED) is 0.0339. The molecular weight excluding hydrogens is 1080 g/mol. The van der Waals surface area contributed by atoms with Crippen LogP contribution >= 0.6 is 0 Å². The molecule has 0 radical (unpaired) electrons. The lowest BCUT2D eigenvalue weighted by atomic mass is 10.2. The zero-order valence-electron chi connectivity index (χ0n) is 50.3. The van der Waals surface area contributed by atoms with E-state index in [-0.39, 0.29) is 56.0 Å². The number of unbranched alkanes of at least 4 members (excludes halogenated alkanes) is 2. The summed E-state index contributed by atoms with van der Waals surface area (Å²) in [6.07, 6.45) is 21.0. The number of benzene rings is 2. The van der Waals surface area contributed by atoms with Crippen LogP contribution in [0.15, 0.2) is 60.7 Å². The van der Waals surface area contributed by atoms with Gasteiger partial charge in [-0.3, -0.25) is 19.2 Å². The third-order valence-electron chi connectivity index (χ3n) is 11.6. The molecule has 0 aliphatic rings. The summed E-state index contributed by atoms with van der Waals surface area (Å²) in [5.74, 6) is 4.22. The number of aliphatic hydroxyl groups excluding tert-OH is 1. The third kappa shape index (κ3) is 56.1. The second-order valence-corrected chi connectivity index (χ2v) is 19.2. The summed E-state index contributed by atoms with van der Waals surface area (Å²) >= 11 is 0. The molecule has 2 amide bonds. The average molecular weight is 1190 g/mol. The number of nitrogens with one attached hydrogen (secondary N) is 2. The Balaban J connectivity index is 0.000000941. The Morgan fingerprint density at radius 2 is 0.714 bits per heavy atom. The van der Waals surface area contributed by atoms with Crippen molar-refractivity contribution < 1.29 is 85.9 Å². The van der Waals surface area contributed by atoms with Gasteiger partial charge in [0.1, 0.15) is 26.4 Å². The highest BCUT2D eigenvalue weighted by Gasteiger charge is 2.14. The van der Waals surface area contributed by atoms with Crippen molar-refractivity contribution >= 4 is 23.8 Å². The van der Waals surface area contributed by atoms with Crippen molar-refractivity contribution in [3.63, 3.8) is 0 Å². The van der Waals surface area contributed by atoms with Crippen molar-refractivity contribution in [2.45, 2.75) is 128 Å². The van der Waals surface area contributed by atoms with E-state index in [0.717, 1.165) is 62.5 Å². The molecule has 476 valence electrons. The fourth-order valence-electron chi connectivity index (χ4n) is 7.21. The summed E-state index contributed by atoms with van der Waals surface area (Å²) in [7, 11) is 0. The summed E-state index contributed by atoms with van der Waals surface area (Å²) in [6.45, 7) is 13.2. The van der Waals surface area contributed by atoms with Crippen LogP contribution in [0.3, 0.4) is 0 Å². The zero-order valence-corrected chi connectivity index (χ0v) is 50.3. The van der Waals surface area contributed by atoms with Crippen LogP contribution in [0.25, 0.3) is 0 Å². The second kappa shape index (κ2) is 62.5. The van der Waals surface area contributed by atoms with E-state index in [1.54, 1.807) is 0 Å².